The highest BCUT2D eigenvalue weighted by atomic mass is 79.9. The smallest absolute Gasteiger partial charge is 0.407 e. The van der Waals surface area contributed by atoms with Crippen LogP contribution in [0.5, 0.6) is 0 Å². The predicted octanol–water partition coefficient (Wildman–Crippen LogP) is 2.74. The van der Waals surface area contributed by atoms with Crippen molar-refractivity contribution < 1.29 is 15.0 Å². The summed E-state index contributed by atoms with van der Waals surface area (Å²) in [6.07, 6.45) is 1.94. The molecule has 1 unspecified atom stereocenters. The van der Waals surface area contributed by atoms with Crippen LogP contribution in [0.3, 0.4) is 0 Å². The van der Waals surface area contributed by atoms with Crippen molar-refractivity contribution in [1.29, 1.82) is 0 Å². The molecular formula is C17H23BrN2O3. The Morgan fingerprint density at radius 3 is 2.26 bits per heavy atom. The zero-order chi connectivity index (χ0) is 16.4. The molecule has 0 bridgehead atoms. The van der Waals surface area contributed by atoms with E-state index in [9.17, 15) is 9.90 Å². The lowest BCUT2D eigenvalue weighted by atomic mass is 9.68. The third-order valence-corrected chi connectivity index (χ3v) is 5.75. The predicted molar refractivity (Wildman–Crippen MR) is 91.7 cm³/mol. The van der Waals surface area contributed by atoms with Gasteiger partial charge in [-0.1, -0.05) is 28.1 Å². The minimum atomic E-state index is -0.841. The summed E-state index contributed by atoms with van der Waals surface area (Å²) in [6, 6.07) is 8.20. The monoisotopic (exact) mass is 382 g/mol. The molecule has 0 aromatic heterocycles. The maximum absolute atomic E-state index is 11.0. The van der Waals surface area contributed by atoms with E-state index in [-0.39, 0.29) is 5.92 Å². The Balaban J connectivity index is 1.70. The highest BCUT2D eigenvalue weighted by Crippen LogP contribution is 2.44. The number of halogens is 1. The topological polar surface area (TPSA) is 64.0 Å². The van der Waals surface area contributed by atoms with Crippen molar-refractivity contribution in [2.75, 3.05) is 32.7 Å². The number of hydrogen-bond donors (Lipinski definition) is 2. The van der Waals surface area contributed by atoms with Crippen molar-refractivity contribution in [1.82, 2.24) is 9.80 Å². The van der Waals surface area contributed by atoms with Crippen molar-refractivity contribution in [2.24, 2.45) is 0 Å². The van der Waals surface area contributed by atoms with Gasteiger partial charge in [-0.05, 0) is 37.0 Å². The van der Waals surface area contributed by atoms with Gasteiger partial charge in [-0.2, -0.15) is 0 Å². The number of aliphatic hydroxyl groups is 1. The van der Waals surface area contributed by atoms with Gasteiger partial charge in [0.15, 0.2) is 0 Å². The Kier molecular flexibility index (Phi) is 4.94. The summed E-state index contributed by atoms with van der Waals surface area (Å²) < 4.78 is 1.04. The van der Waals surface area contributed by atoms with Gasteiger partial charge in [0.2, 0.25) is 0 Å². The van der Waals surface area contributed by atoms with Gasteiger partial charge >= 0.3 is 6.09 Å². The molecule has 1 saturated heterocycles. The molecule has 0 spiro atoms. The van der Waals surface area contributed by atoms with E-state index in [4.69, 9.17) is 5.11 Å². The molecular weight excluding hydrogens is 360 g/mol. The van der Waals surface area contributed by atoms with Gasteiger partial charge in [-0.25, -0.2) is 4.79 Å². The van der Waals surface area contributed by atoms with Crippen molar-refractivity contribution in [3.8, 4) is 0 Å². The quantitative estimate of drug-likeness (QED) is 0.840. The molecule has 1 aliphatic heterocycles. The lowest BCUT2D eigenvalue weighted by Gasteiger charge is -2.46. The van der Waals surface area contributed by atoms with E-state index in [1.807, 2.05) is 12.1 Å². The van der Waals surface area contributed by atoms with Gasteiger partial charge in [0, 0.05) is 43.1 Å². The second kappa shape index (κ2) is 6.79. The Bertz CT molecular complexity index is 551. The molecule has 1 amide bonds. The van der Waals surface area contributed by atoms with Gasteiger partial charge in [0.25, 0.3) is 0 Å². The molecule has 1 aliphatic carbocycles. The van der Waals surface area contributed by atoms with Gasteiger partial charge in [-0.15, -0.1) is 0 Å². The molecule has 23 heavy (non-hydrogen) atoms. The number of rotatable bonds is 4. The van der Waals surface area contributed by atoms with Crippen LogP contribution in [0.2, 0.25) is 0 Å². The van der Waals surface area contributed by atoms with Crippen LogP contribution in [0.4, 0.5) is 4.79 Å². The van der Waals surface area contributed by atoms with Crippen LogP contribution >= 0.6 is 15.9 Å². The fourth-order valence-electron chi connectivity index (χ4n) is 3.55. The summed E-state index contributed by atoms with van der Waals surface area (Å²) in [5, 5.41) is 20.0. The van der Waals surface area contributed by atoms with Crippen LogP contribution in [-0.4, -0.2) is 64.4 Å². The van der Waals surface area contributed by atoms with E-state index in [1.165, 1.54) is 4.90 Å². The first kappa shape index (κ1) is 16.7. The van der Waals surface area contributed by atoms with Crippen LogP contribution < -0.4 is 0 Å². The SMILES string of the molecule is O=C(O)N1CCN(CC(c2ccc(Br)cc2)C2(O)CCC2)CC1. The fraction of sp³-hybridized carbons (Fsp3) is 0.588. The first-order valence-electron chi connectivity index (χ1n) is 8.16. The normalized spacial score (nSPS) is 22.4. The molecule has 126 valence electrons. The third-order valence-electron chi connectivity index (χ3n) is 5.22. The van der Waals surface area contributed by atoms with Crippen molar-refractivity contribution >= 4 is 22.0 Å². The molecule has 1 aromatic rings. The number of carbonyl (C=O) groups is 1. The molecule has 1 saturated carbocycles. The Morgan fingerprint density at radius 1 is 1.17 bits per heavy atom. The summed E-state index contributed by atoms with van der Waals surface area (Å²) in [5.74, 6) is 0.0840. The number of piperazine rings is 1. The first-order chi connectivity index (χ1) is 11.0. The Hall–Kier alpha value is -1.11. The molecule has 1 aromatic carbocycles. The van der Waals surface area contributed by atoms with Crippen molar-refractivity contribution in [3.63, 3.8) is 0 Å². The molecule has 5 nitrogen and oxygen atoms in total. The molecule has 0 radical (unpaired) electrons. The van der Waals surface area contributed by atoms with Crippen LogP contribution in [0.1, 0.15) is 30.7 Å². The molecule has 1 atom stereocenters. The standard InChI is InChI=1S/C17H23BrN2O3/c18-14-4-2-13(3-5-14)15(17(23)6-1-7-17)12-19-8-10-20(11-9-19)16(21)22/h2-5,15,23H,1,6-12H2,(H,21,22). The molecule has 6 heteroatoms. The highest BCUT2D eigenvalue weighted by molar-refractivity contribution is 9.10. The summed E-state index contributed by atoms with van der Waals surface area (Å²) in [7, 11) is 0. The number of nitrogens with zero attached hydrogens (tertiary/aromatic N) is 2. The van der Waals surface area contributed by atoms with Gasteiger partial charge < -0.3 is 15.1 Å². The second-order valence-electron chi connectivity index (χ2n) is 6.63. The fourth-order valence-corrected chi connectivity index (χ4v) is 3.81. The molecule has 2 fully saturated rings. The zero-order valence-corrected chi connectivity index (χ0v) is 14.7. The first-order valence-corrected chi connectivity index (χ1v) is 8.95. The van der Waals surface area contributed by atoms with Crippen LogP contribution in [-0.2, 0) is 0 Å². The van der Waals surface area contributed by atoms with E-state index in [2.05, 4.69) is 33.0 Å². The minimum absolute atomic E-state index is 0.0840. The van der Waals surface area contributed by atoms with Crippen LogP contribution in [0.15, 0.2) is 28.7 Å². The van der Waals surface area contributed by atoms with Gasteiger partial charge in [0.1, 0.15) is 0 Å². The summed E-state index contributed by atoms with van der Waals surface area (Å²) in [5.41, 5.74) is 0.550. The van der Waals surface area contributed by atoms with Crippen molar-refractivity contribution in [2.45, 2.75) is 30.8 Å². The largest absolute Gasteiger partial charge is 0.465 e. The summed E-state index contributed by atoms with van der Waals surface area (Å²) in [4.78, 5) is 14.8. The summed E-state index contributed by atoms with van der Waals surface area (Å²) in [6.45, 7) is 3.33. The molecule has 1 heterocycles. The molecule has 2 aliphatic rings. The molecule has 3 rings (SSSR count). The van der Waals surface area contributed by atoms with E-state index >= 15 is 0 Å². The Morgan fingerprint density at radius 2 is 1.78 bits per heavy atom. The third kappa shape index (κ3) is 3.70. The minimum Gasteiger partial charge on any atom is -0.465 e. The van der Waals surface area contributed by atoms with E-state index in [1.54, 1.807) is 0 Å². The lowest BCUT2D eigenvalue weighted by Crippen LogP contribution is -2.53. The number of benzene rings is 1. The summed E-state index contributed by atoms with van der Waals surface area (Å²) >= 11 is 3.46. The van der Waals surface area contributed by atoms with E-state index in [0.717, 1.165) is 48.9 Å². The average molecular weight is 383 g/mol. The average Bonchev–Trinajstić information content (AvgIpc) is 2.52. The number of amides is 1. The highest BCUT2D eigenvalue weighted by Gasteiger charge is 2.43. The van der Waals surface area contributed by atoms with E-state index in [0.29, 0.717) is 13.1 Å². The maximum atomic E-state index is 11.0. The Labute approximate surface area is 145 Å². The van der Waals surface area contributed by atoms with Crippen LogP contribution in [0, 0.1) is 0 Å². The number of carboxylic acid groups (broad SMARTS) is 1. The van der Waals surface area contributed by atoms with Crippen LogP contribution in [0.25, 0.3) is 0 Å². The van der Waals surface area contributed by atoms with Crippen molar-refractivity contribution in [3.05, 3.63) is 34.3 Å². The second-order valence-corrected chi connectivity index (χ2v) is 7.55. The zero-order valence-electron chi connectivity index (χ0n) is 13.1. The maximum Gasteiger partial charge on any atom is 0.407 e. The van der Waals surface area contributed by atoms with E-state index < -0.39 is 11.7 Å². The van der Waals surface area contributed by atoms with Gasteiger partial charge in [-0.3, -0.25) is 4.90 Å². The number of hydrogen-bond acceptors (Lipinski definition) is 3. The van der Waals surface area contributed by atoms with Gasteiger partial charge in [0.05, 0.1) is 5.60 Å². The molecule has 2 N–H and O–H groups in total. The lowest BCUT2D eigenvalue weighted by molar-refractivity contribution is -0.0666.